The summed E-state index contributed by atoms with van der Waals surface area (Å²) in [5.41, 5.74) is 2.89. The Bertz CT molecular complexity index is 929. The minimum atomic E-state index is 0.414. The molecule has 0 radical (unpaired) electrons. The summed E-state index contributed by atoms with van der Waals surface area (Å²) in [7, 11) is 0. The topological polar surface area (TPSA) is 108 Å². The van der Waals surface area contributed by atoms with Gasteiger partial charge in [0.2, 0.25) is 11.7 Å². The van der Waals surface area contributed by atoms with Crippen LogP contribution in [0.25, 0.3) is 17.3 Å². The van der Waals surface area contributed by atoms with E-state index < -0.39 is 0 Å². The van der Waals surface area contributed by atoms with Crippen molar-refractivity contribution < 1.29 is 8.94 Å². The van der Waals surface area contributed by atoms with E-state index in [0.717, 1.165) is 16.9 Å². The molecule has 0 saturated carbocycles. The zero-order valence-corrected chi connectivity index (χ0v) is 12.7. The molecule has 9 heteroatoms. The zero-order chi connectivity index (χ0) is 16.4. The van der Waals surface area contributed by atoms with Gasteiger partial charge < -0.3 is 14.3 Å². The second kappa shape index (κ2) is 5.95. The summed E-state index contributed by atoms with van der Waals surface area (Å²) in [6.07, 6.45) is 3.13. The van der Waals surface area contributed by atoms with E-state index in [-0.39, 0.29) is 0 Å². The van der Waals surface area contributed by atoms with Crippen molar-refractivity contribution in [2.24, 2.45) is 0 Å². The van der Waals surface area contributed by atoms with Crippen LogP contribution in [0.1, 0.15) is 11.5 Å². The van der Waals surface area contributed by atoms with Crippen molar-refractivity contribution in [3.8, 4) is 17.3 Å². The van der Waals surface area contributed by atoms with Crippen LogP contribution < -0.4 is 5.32 Å². The molecule has 0 atom stereocenters. The summed E-state index contributed by atoms with van der Waals surface area (Å²) in [6.45, 7) is 2.40. The Hall–Kier alpha value is -3.49. The van der Waals surface area contributed by atoms with Crippen molar-refractivity contribution in [1.82, 2.24) is 30.3 Å². The standard InChI is InChI=1S/C15H13N7O2/c1-10-7-11(4-5-12(10)22-9-17-20-21-22)16-8-14-18-15(19-24-14)13-3-2-6-23-13/h2-7,9,16H,8H2,1H3. The highest BCUT2D eigenvalue weighted by Crippen LogP contribution is 2.19. The van der Waals surface area contributed by atoms with Gasteiger partial charge in [0.1, 0.15) is 6.33 Å². The van der Waals surface area contributed by atoms with Gasteiger partial charge in [-0.1, -0.05) is 5.16 Å². The number of benzene rings is 1. The Morgan fingerprint density at radius 2 is 2.21 bits per heavy atom. The fourth-order valence-corrected chi connectivity index (χ4v) is 2.30. The molecule has 0 fully saturated rings. The van der Waals surface area contributed by atoms with Crippen LogP contribution in [0, 0.1) is 6.92 Å². The van der Waals surface area contributed by atoms with Crippen LogP contribution in [0.4, 0.5) is 5.69 Å². The van der Waals surface area contributed by atoms with E-state index in [1.807, 2.05) is 25.1 Å². The second-order valence-electron chi connectivity index (χ2n) is 5.10. The van der Waals surface area contributed by atoms with Gasteiger partial charge in [-0.15, -0.1) is 5.10 Å². The third-order valence-electron chi connectivity index (χ3n) is 3.45. The first-order valence-electron chi connectivity index (χ1n) is 7.24. The molecule has 0 aliphatic heterocycles. The van der Waals surface area contributed by atoms with Crippen LogP contribution in [-0.2, 0) is 6.54 Å². The minimum Gasteiger partial charge on any atom is -0.461 e. The lowest BCUT2D eigenvalue weighted by Crippen LogP contribution is -2.02. The first-order chi connectivity index (χ1) is 11.8. The van der Waals surface area contributed by atoms with E-state index in [4.69, 9.17) is 8.94 Å². The van der Waals surface area contributed by atoms with E-state index >= 15 is 0 Å². The number of furan rings is 1. The van der Waals surface area contributed by atoms with Crippen molar-refractivity contribution in [2.75, 3.05) is 5.32 Å². The summed E-state index contributed by atoms with van der Waals surface area (Å²) in [5, 5.41) is 18.3. The summed E-state index contributed by atoms with van der Waals surface area (Å²) in [5.74, 6) is 1.48. The first kappa shape index (κ1) is 14.1. The highest BCUT2D eigenvalue weighted by molar-refractivity contribution is 5.53. The molecule has 4 rings (SSSR count). The van der Waals surface area contributed by atoms with Crippen LogP contribution in [0.2, 0.25) is 0 Å². The van der Waals surface area contributed by atoms with Crippen molar-refractivity contribution in [3.05, 3.63) is 54.4 Å². The minimum absolute atomic E-state index is 0.414. The van der Waals surface area contributed by atoms with Gasteiger partial charge in [0.25, 0.3) is 0 Å². The van der Waals surface area contributed by atoms with Gasteiger partial charge in [0.05, 0.1) is 18.5 Å². The van der Waals surface area contributed by atoms with E-state index in [1.165, 1.54) is 0 Å². The normalized spacial score (nSPS) is 10.9. The number of nitrogens with one attached hydrogen (secondary N) is 1. The molecular weight excluding hydrogens is 310 g/mol. The molecule has 0 aliphatic rings. The van der Waals surface area contributed by atoms with E-state index in [9.17, 15) is 0 Å². The smallest absolute Gasteiger partial charge is 0.246 e. The molecule has 4 aromatic rings. The fourth-order valence-electron chi connectivity index (χ4n) is 2.30. The SMILES string of the molecule is Cc1cc(NCc2nc(-c3ccco3)no2)ccc1-n1cnnn1. The quantitative estimate of drug-likeness (QED) is 0.595. The molecular formula is C15H13N7O2. The molecule has 9 nitrogen and oxygen atoms in total. The monoisotopic (exact) mass is 323 g/mol. The van der Waals surface area contributed by atoms with Gasteiger partial charge in [-0.05, 0) is 53.2 Å². The van der Waals surface area contributed by atoms with Gasteiger partial charge in [-0.25, -0.2) is 4.68 Å². The van der Waals surface area contributed by atoms with Crippen molar-refractivity contribution >= 4 is 5.69 Å². The maximum atomic E-state index is 5.24. The number of hydrogen-bond acceptors (Lipinski definition) is 8. The van der Waals surface area contributed by atoms with E-state index in [1.54, 1.807) is 29.4 Å². The maximum Gasteiger partial charge on any atom is 0.246 e. The Kier molecular flexibility index (Phi) is 3.50. The van der Waals surface area contributed by atoms with Crippen LogP contribution in [0.15, 0.2) is 51.9 Å². The fraction of sp³-hybridized carbons (Fsp3) is 0.133. The molecule has 0 bridgehead atoms. The Labute approximate surface area is 136 Å². The highest BCUT2D eigenvalue weighted by atomic mass is 16.5. The van der Waals surface area contributed by atoms with E-state index in [0.29, 0.717) is 24.0 Å². The number of rotatable bonds is 5. The molecule has 0 unspecified atom stereocenters. The largest absolute Gasteiger partial charge is 0.461 e. The lowest BCUT2D eigenvalue weighted by atomic mass is 10.2. The zero-order valence-electron chi connectivity index (χ0n) is 12.7. The number of nitrogens with zero attached hydrogens (tertiary/aromatic N) is 6. The molecule has 0 saturated heterocycles. The molecule has 120 valence electrons. The van der Waals surface area contributed by atoms with Crippen LogP contribution in [0.3, 0.4) is 0 Å². The molecule has 3 aromatic heterocycles. The van der Waals surface area contributed by atoms with Gasteiger partial charge in [0.15, 0.2) is 5.76 Å². The average Bonchev–Trinajstić information content (AvgIpc) is 3.33. The predicted octanol–water partition coefficient (Wildman–Crippen LogP) is 2.23. The number of aromatic nitrogens is 6. The molecule has 24 heavy (non-hydrogen) atoms. The third-order valence-corrected chi connectivity index (χ3v) is 3.45. The number of aryl methyl sites for hydroxylation is 1. The van der Waals surface area contributed by atoms with Crippen molar-refractivity contribution in [3.63, 3.8) is 0 Å². The first-order valence-corrected chi connectivity index (χ1v) is 7.24. The molecule has 3 heterocycles. The summed E-state index contributed by atoms with van der Waals surface area (Å²) in [4.78, 5) is 4.28. The Balaban J connectivity index is 1.45. The van der Waals surface area contributed by atoms with Gasteiger partial charge in [0, 0.05) is 5.69 Å². The molecule has 1 aromatic carbocycles. The van der Waals surface area contributed by atoms with Crippen molar-refractivity contribution in [2.45, 2.75) is 13.5 Å². The summed E-state index contributed by atoms with van der Waals surface area (Å²) in [6, 6.07) is 9.44. The van der Waals surface area contributed by atoms with Gasteiger partial charge >= 0.3 is 0 Å². The van der Waals surface area contributed by atoms with E-state index in [2.05, 4.69) is 31.0 Å². The molecule has 1 N–H and O–H groups in total. The van der Waals surface area contributed by atoms with Gasteiger partial charge in [-0.2, -0.15) is 4.98 Å². The van der Waals surface area contributed by atoms with Gasteiger partial charge in [-0.3, -0.25) is 0 Å². The lowest BCUT2D eigenvalue weighted by Gasteiger charge is -2.08. The Morgan fingerprint density at radius 1 is 1.25 bits per heavy atom. The lowest BCUT2D eigenvalue weighted by molar-refractivity contribution is 0.382. The van der Waals surface area contributed by atoms with Crippen LogP contribution >= 0.6 is 0 Å². The summed E-state index contributed by atoms with van der Waals surface area (Å²) >= 11 is 0. The maximum absolute atomic E-state index is 5.24. The Morgan fingerprint density at radius 3 is 2.96 bits per heavy atom. The molecule has 0 aliphatic carbocycles. The third kappa shape index (κ3) is 2.74. The molecule has 0 amide bonds. The summed E-state index contributed by atoms with van der Waals surface area (Å²) < 4.78 is 12.1. The molecule has 0 spiro atoms. The average molecular weight is 323 g/mol. The predicted molar refractivity (Wildman–Crippen MR) is 83.2 cm³/mol. The van der Waals surface area contributed by atoms with Crippen molar-refractivity contribution in [1.29, 1.82) is 0 Å². The second-order valence-corrected chi connectivity index (χ2v) is 5.10. The number of anilines is 1. The number of tetrazole rings is 1. The highest BCUT2D eigenvalue weighted by Gasteiger charge is 2.11. The number of hydrogen-bond donors (Lipinski definition) is 1. The van der Waals surface area contributed by atoms with Crippen LogP contribution in [0.5, 0.6) is 0 Å². The van der Waals surface area contributed by atoms with Crippen LogP contribution in [-0.4, -0.2) is 30.3 Å².